The van der Waals surface area contributed by atoms with Crippen molar-refractivity contribution < 1.29 is 27.8 Å². The summed E-state index contributed by atoms with van der Waals surface area (Å²) in [5, 5.41) is 21.2. The highest BCUT2D eigenvalue weighted by molar-refractivity contribution is 6.30. The fraction of sp³-hybridized carbons (Fsp3) is 0.333. The van der Waals surface area contributed by atoms with Crippen molar-refractivity contribution in [2.45, 2.75) is 44.8 Å². The zero-order chi connectivity index (χ0) is 29.2. The zero-order valence-corrected chi connectivity index (χ0v) is 22.2. The van der Waals surface area contributed by atoms with E-state index in [9.17, 15) is 27.9 Å². The second-order valence-electron chi connectivity index (χ2n) is 9.08. The number of alkyl halides is 3. The maximum absolute atomic E-state index is 13.1. The first-order valence-corrected chi connectivity index (χ1v) is 12.1. The van der Waals surface area contributed by atoms with Crippen LogP contribution in [0.5, 0.6) is 0 Å². The number of hydrogen-bond acceptors (Lipinski definition) is 8. The van der Waals surface area contributed by atoms with Crippen LogP contribution in [0.15, 0.2) is 53.7 Å². The highest BCUT2D eigenvalue weighted by Gasteiger charge is 2.39. The number of carbonyl (C=O) groups excluding carboxylic acids is 1. The van der Waals surface area contributed by atoms with Gasteiger partial charge in [-0.15, -0.1) is 10.2 Å². The minimum atomic E-state index is -4.95. The standard InChI is InChI=1S/C24H24ClF3N8O4/c1-23(2,40-3)21(38)31-19-16(5-4-10-29-19)36-13-30-18(32-36)12-35-22(39)34(11-17(37)24(26,27)28)20(33-35)14-6-8-15(25)9-7-14/h4-10,13,17,37H,11-12H2,1-3H3,(H,29,31,38)/t17-/m0/s1. The van der Waals surface area contributed by atoms with Crippen LogP contribution in [0.25, 0.3) is 17.1 Å². The van der Waals surface area contributed by atoms with Gasteiger partial charge in [0, 0.05) is 23.9 Å². The van der Waals surface area contributed by atoms with Crippen LogP contribution in [0.2, 0.25) is 5.02 Å². The summed E-state index contributed by atoms with van der Waals surface area (Å²) in [7, 11) is 1.40. The molecule has 3 heterocycles. The predicted octanol–water partition coefficient (Wildman–Crippen LogP) is 2.68. The molecule has 0 saturated heterocycles. The molecule has 16 heteroatoms. The molecule has 3 aromatic heterocycles. The quantitative estimate of drug-likeness (QED) is 0.308. The second kappa shape index (κ2) is 11.2. The second-order valence-corrected chi connectivity index (χ2v) is 9.52. The zero-order valence-electron chi connectivity index (χ0n) is 21.4. The SMILES string of the molecule is COC(C)(C)C(=O)Nc1ncccc1-n1cnc(Cn2nc(-c3ccc(Cl)cc3)n(C[C@H](O)C(F)(F)F)c2=O)n1. The lowest BCUT2D eigenvalue weighted by Crippen LogP contribution is -2.39. The van der Waals surface area contributed by atoms with E-state index in [1.165, 1.54) is 48.6 Å². The summed E-state index contributed by atoms with van der Waals surface area (Å²) in [5.74, 6) is -0.309. The first-order chi connectivity index (χ1) is 18.8. The number of amides is 1. The Labute approximate surface area is 230 Å². The molecule has 0 fully saturated rings. The Bertz CT molecular complexity index is 1560. The number of carbonyl (C=O) groups is 1. The van der Waals surface area contributed by atoms with Crippen molar-refractivity contribution in [3.05, 3.63) is 70.3 Å². The molecule has 0 saturated carbocycles. The third-order valence-electron chi connectivity index (χ3n) is 5.91. The number of aliphatic hydroxyl groups is 1. The molecular weight excluding hydrogens is 557 g/mol. The number of halogens is 4. The summed E-state index contributed by atoms with van der Waals surface area (Å²) in [6.45, 7) is 1.79. The van der Waals surface area contributed by atoms with E-state index in [1.807, 2.05) is 0 Å². The van der Waals surface area contributed by atoms with Crippen molar-refractivity contribution in [3.8, 4) is 17.1 Å². The van der Waals surface area contributed by atoms with Crippen LogP contribution in [0.3, 0.4) is 0 Å². The van der Waals surface area contributed by atoms with Crippen LogP contribution >= 0.6 is 11.6 Å². The summed E-state index contributed by atoms with van der Waals surface area (Å²) in [5.41, 5.74) is -1.39. The third kappa shape index (κ3) is 6.21. The Morgan fingerprint density at radius 1 is 1.15 bits per heavy atom. The molecule has 0 bridgehead atoms. The van der Waals surface area contributed by atoms with Gasteiger partial charge in [-0.05, 0) is 50.2 Å². The molecule has 0 aliphatic rings. The minimum absolute atomic E-state index is 0.0872. The van der Waals surface area contributed by atoms with Gasteiger partial charge in [-0.25, -0.2) is 24.1 Å². The number of pyridine rings is 1. The van der Waals surface area contributed by atoms with Crippen LogP contribution in [-0.2, 0) is 22.6 Å². The lowest BCUT2D eigenvalue weighted by molar-refractivity contribution is -0.207. The smallest absolute Gasteiger partial charge is 0.382 e. The van der Waals surface area contributed by atoms with Crippen LogP contribution in [0.4, 0.5) is 19.0 Å². The van der Waals surface area contributed by atoms with Gasteiger partial charge in [-0.2, -0.15) is 13.2 Å². The monoisotopic (exact) mass is 580 g/mol. The summed E-state index contributed by atoms with van der Waals surface area (Å²) >= 11 is 5.91. The third-order valence-corrected chi connectivity index (χ3v) is 6.16. The van der Waals surface area contributed by atoms with E-state index in [4.69, 9.17) is 16.3 Å². The van der Waals surface area contributed by atoms with E-state index in [0.717, 1.165) is 9.25 Å². The molecular formula is C24H24ClF3N8O4. The highest BCUT2D eigenvalue weighted by Crippen LogP contribution is 2.24. The molecule has 212 valence electrons. The normalized spacial score (nSPS) is 12.9. The van der Waals surface area contributed by atoms with E-state index in [-0.39, 0.29) is 24.0 Å². The maximum Gasteiger partial charge on any atom is 0.416 e. The first kappa shape index (κ1) is 28.9. The molecule has 0 radical (unpaired) electrons. The fourth-order valence-corrected chi connectivity index (χ4v) is 3.57. The Balaban J connectivity index is 1.66. The highest BCUT2D eigenvalue weighted by atomic mass is 35.5. The fourth-order valence-electron chi connectivity index (χ4n) is 3.45. The Kier molecular flexibility index (Phi) is 8.09. The van der Waals surface area contributed by atoms with Crippen LogP contribution in [0, 0.1) is 0 Å². The van der Waals surface area contributed by atoms with Crippen LogP contribution in [-0.4, -0.2) is 70.1 Å². The number of nitrogens with one attached hydrogen (secondary N) is 1. The number of hydrogen-bond donors (Lipinski definition) is 2. The topological polar surface area (TPSA) is 142 Å². The van der Waals surface area contributed by atoms with Gasteiger partial charge in [0.15, 0.2) is 23.6 Å². The predicted molar refractivity (Wildman–Crippen MR) is 137 cm³/mol. The largest absolute Gasteiger partial charge is 0.416 e. The van der Waals surface area contributed by atoms with Crippen LogP contribution in [0.1, 0.15) is 19.7 Å². The van der Waals surface area contributed by atoms with E-state index < -0.39 is 36.0 Å². The molecule has 1 amide bonds. The van der Waals surface area contributed by atoms with Gasteiger partial charge < -0.3 is 15.2 Å². The molecule has 1 atom stereocenters. The number of benzene rings is 1. The van der Waals surface area contributed by atoms with Crippen LogP contribution < -0.4 is 11.0 Å². The maximum atomic E-state index is 13.1. The Hall–Kier alpha value is -4.08. The lowest BCUT2D eigenvalue weighted by Gasteiger charge is -2.22. The molecule has 0 unspecified atom stereocenters. The summed E-state index contributed by atoms with van der Waals surface area (Å²) in [6, 6.07) is 9.20. The molecule has 0 spiro atoms. The van der Waals surface area contributed by atoms with Crippen molar-refractivity contribution in [1.29, 1.82) is 0 Å². The van der Waals surface area contributed by atoms with E-state index in [0.29, 0.717) is 16.3 Å². The van der Waals surface area contributed by atoms with E-state index in [2.05, 4.69) is 25.5 Å². The number of aromatic nitrogens is 7. The van der Waals surface area contributed by atoms with Gasteiger partial charge in [0.2, 0.25) is 0 Å². The number of nitrogens with zero attached hydrogens (tertiary/aromatic N) is 7. The molecule has 2 N–H and O–H groups in total. The van der Waals surface area contributed by atoms with Gasteiger partial charge in [0.1, 0.15) is 24.2 Å². The van der Waals surface area contributed by atoms with E-state index >= 15 is 0 Å². The summed E-state index contributed by atoms with van der Waals surface area (Å²) in [4.78, 5) is 34.0. The average Bonchev–Trinajstić information content (AvgIpc) is 3.49. The van der Waals surface area contributed by atoms with Gasteiger partial charge >= 0.3 is 11.9 Å². The van der Waals surface area contributed by atoms with Crippen molar-refractivity contribution in [2.75, 3.05) is 12.4 Å². The van der Waals surface area contributed by atoms with Crippen molar-refractivity contribution in [3.63, 3.8) is 0 Å². The van der Waals surface area contributed by atoms with E-state index in [1.54, 1.807) is 26.0 Å². The Morgan fingerprint density at radius 2 is 1.85 bits per heavy atom. The molecule has 12 nitrogen and oxygen atoms in total. The number of aliphatic hydroxyl groups excluding tert-OH is 1. The number of ether oxygens (including phenoxy) is 1. The van der Waals surface area contributed by atoms with Crippen molar-refractivity contribution >= 4 is 23.3 Å². The number of anilines is 1. The number of methoxy groups -OCH3 is 1. The lowest BCUT2D eigenvalue weighted by atomic mass is 10.1. The minimum Gasteiger partial charge on any atom is -0.382 e. The number of rotatable bonds is 9. The van der Waals surface area contributed by atoms with Gasteiger partial charge in [0.25, 0.3) is 5.91 Å². The molecule has 0 aliphatic carbocycles. The molecule has 0 aliphatic heterocycles. The van der Waals surface area contributed by atoms with Gasteiger partial charge in [-0.3, -0.25) is 9.36 Å². The van der Waals surface area contributed by atoms with Crippen molar-refractivity contribution in [1.82, 2.24) is 34.1 Å². The molecule has 40 heavy (non-hydrogen) atoms. The molecule has 4 aromatic rings. The van der Waals surface area contributed by atoms with Gasteiger partial charge in [-0.1, -0.05) is 11.6 Å². The molecule has 1 aromatic carbocycles. The summed E-state index contributed by atoms with van der Waals surface area (Å²) < 4.78 is 47.4. The summed E-state index contributed by atoms with van der Waals surface area (Å²) in [6.07, 6.45) is -4.96. The molecule has 4 rings (SSSR count). The van der Waals surface area contributed by atoms with Crippen molar-refractivity contribution in [2.24, 2.45) is 0 Å². The first-order valence-electron chi connectivity index (χ1n) is 11.7. The average molecular weight is 581 g/mol. The van der Waals surface area contributed by atoms with Gasteiger partial charge in [0.05, 0.1) is 6.54 Å². The Morgan fingerprint density at radius 3 is 2.50 bits per heavy atom.